The number of fused-ring (bicyclic) bond motifs is 1. The molecule has 0 atom stereocenters. The van der Waals surface area contributed by atoms with Gasteiger partial charge in [0.15, 0.2) is 5.13 Å². The number of nitrogens with zero attached hydrogens (tertiary/aromatic N) is 2. The summed E-state index contributed by atoms with van der Waals surface area (Å²) >= 11 is 1.41. The average Bonchev–Trinajstić information content (AvgIpc) is 3.15. The van der Waals surface area contributed by atoms with Gasteiger partial charge < -0.3 is 9.47 Å². The Kier molecular flexibility index (Phi) is 5.84. The van der Waals surface area contributed by atoms with Crippen LogP contribution in [0.15, 0.2) is 42.5 Å². The van der Waals surface area contributed by atoms with E-state index in [9.17, 15) is 9.59 Å². The molecule has 4 rings (SSSR count). The number of carbonyl (C=O) groups is 2. The third-order valence-corrected chi connectivity index (χ3v) is 5.69. The van der Waals surface area contributed by atoms with Gasteiger partial charge in [-0.25, -0.2) is 9.78 Å². The first kappa shape index (κ1) is 19.5. The second kappa shape index (κ2) is 8.69. The number of morpholine rings is 1. The lowest BCUT2D eigenvalue weighted by molar-refractivity contribution is 0.0342. The molecule has 0 aliphatic carbocycles. The van der Waals surface area contributed by atoms with E-state index >= 15 is 0 Å². The Bertz CT molecular complexity index is 1040. The highest BCUT2D eigenvalue weighted by Crippen LogP contribution is 2.28. The van der Waals surface area contributed by atoms with Gasteiger partial charge >= 0.3 is 5.97 Å². The van der Waals surface area contributed by atoms with Crippen molar-refractivity contribution < 1.29 is 19.1 Å². The normalized spacial score (nSPS) is 14.7. The summed E-state index contributed by atoms with van der Waals surface area (Å²) in [6, 6.07) is 12.7. The average molecular weight is 411 g/mol. The molecule has 1 aliphatic heterocycles. The summed E-state index contributed by atoms with van der Waals surface area (Å²) in [6.07, 6.45) is 0. The summed E-state index contributed by atoms with van der Waals surface area (Å²) < 4.78 is 11.2. The predicted octanol–water partition coefficient (Wildman–Crippen LogP) is 3.17. The quantitative estimate of drug-likeness (QED) is 0.650. The largest absolute Gasteiger partial charge is 0.465 e. The van der Waals surface area contributed by atoms with E-state index in [4.69, 9.17) is 9.47 Å². The van der Waals surface area contributed by atoms with E-state index in [-0.39, 0.29) is 11.1 Å². The second-order valence-corrected chi connectivity index (χ2v) is 7.73. The molecule has 3 aromatic rings. The summed E-state index contributed by atoms with van der Waals surface area (Å²) in [6.45, 7) is 4.27. The Morgan fingerprint density at radius 2 is 1.93 bits per heavy atom. The molecule has 1 amide bonds. The number of amides is 1. The van der Waals surface area contributed by atoms with Gasteiger partial charge in [0.2, 0.25) is 0 Å². The van der Waals surface area contributed by atoms with E-state index in [1.807, 2.05) is 6.07 Å². The van der Waals surface area contributed by atoms with Crippen molar-refractivity contribution in [2.45, 2.75) is 6.54 Å². The van der Waals surface area contributed by atoms with Crippen LogP contribution in [0.1, 0.15) is 26.3 Å². The fourth-order valence-corrected chi connectivity index (χ4v) is 4.20. The van der Waals surface area contributed by atoms with Gasteiger partial charge in [-0.2, -0.15) is 0 Å². The first-order chi connectivity index (χ1) is 14.1. The third-order valence-electron chi connectivity index (χ3n) is 4.76. The van der Waals surface area contributed by atoms with Gasteiger partial charge in [-0.05, 0) is 29.8 Å². The number of benzene rings is 2. The monoisotopic (exact) mass is 411 g/mol. The van der Waals surface area contributed by atoms with Gasteiger partial charge in [0, 0.05) is 19.6 Å². The molecule has 0 spiro atoms. The maximum Gasteiger partial charge on any atom is 0.338 e. The lowest BCUT2D eigenvalue weighted by atomic mass is 10.1. The zero-order valence-corrected chi connectivity index (χ0v) is 16.8. The molecule has 0 saturated carbocycles. The van der Waals surface area contributed by atoms with Crippen LogP contribution >= 0.6 is 11.3 Å². The summed E-state index contributed by atoms with van der Waals surface area (Å²) in [5, 5.41) is 3.30. The molecule has 29 heavy (non-hydrogen) atoms. The molecule has 1 aliphatic rings. The Labute approximate surface area is 172 Å². The molecule has 0 bridgehead atoms. The number of hydrogen-bond acceptors (Lipinski definition) is 7. The zero-order valence-electron chi connectivity index (χ0n) is 16.0. The summed E-state index contributed by atoms with van der Waals surface area (Å²) in [5.41, 5.74) is 2.52. The highest BCUT2D eigenvalue weighted by atomic mass is 32.1. The third kappa shape index (κ3) is 4.45. The standard InChI is InChI=1S/C21H21N3O4S/c1-27-20(26)16-5-3-2-4-15(16)19(25)23-21-22-17-7-6-14(12-18(17)29-21)13-24-8-10-28-11-9-24/h2-7,12H,8-11,13H2,1H3,(H,22,23,25). The Balaban J connectivity index is 1.51. The molecule has 0 radical (unpaired) electrons. The van der Waals surface area contributed by atoms with Crippen LogP contribution in [0, 0.1) is 0 Å². The lowest BCUT2D eigenvalue weighted by Crippen LogP contribution is -2.35. The molecule has 8 heteroatoms. The van der Waals surface area contributed by atoms with Gasteiger partial charge in [0.25, 0.3) is 5.91 Å². The van der Waals surface area contributed by atoms with E-state index in [1.54, 1.807) is 24.3 Å². The van der Waals surface area contributed by atoms with Crippen molar-refractivity contribution in [1.29, 1.82) is 0 Å². The lowest BCUT2D eigenvalue weighted by Gasteiger charge is -2.26. The minimum absolute atomic E-state index is 0.224. The number of ether oxygens (including phenoxy) is 2. The van der Waals surface area contributed by atoms with Gasteiger partial charge in [-0.15, -0.1) is 0 Å². The first-order valence-electron chi connectivity index (χ1n) is 9.32. The van der Waals surface area contributed by atoms with Crippen molar-refractivity contribution in [3.63, 3.8) is 0 Å². The molecule has 7 nitrogen and oxygen atoms in total. The molecule has 1 N–H and O–H groups in total. The fourth-order valence-electron chi connectivity index (χ4n) is 3.27. The van der Waals surface area contributed by atoms with Crippen LogP contribution in [-0.4, -0.2) is 55.2 Å². The van der Waals surface area contributed by atoms with E-state index in [2.05, 4.69) is 27.3 Å². The topological polar surface area (TPSA) is 80.8 Å². The molecule has 0 unspecified atom stereocenters. The molecular weight excluding hydrogens is 390 g/mol. The Morgan fingerprint density at radius 3 is 2.69 bits per heavy atom. The van der Waals surface area contributed by atoms with Crippen molar-refractivity contribution in [3.8, 4) is 0 Å². The SMILES string of the molecule is COC(=O)c1ccccc1C(=O)Nc1nc2ccc(CN3CCOCC3)cc2s1. The summed E-state index contributed by atoms with van der Waals surface area (Å²) in [7, 11) is 1.29. The van der Waals surface area contributed by atoms with Crippen molar-refractivity contribution in [2.24, 2.45) is 0 Å². The van der Waals surface area contributed by atoms with Crippen LogP contribution in [0.5, 0.6) is 0 Å². The van der Waals surface area contributed by atoms with Crippen molar-refractivity contribution in [3.05, 3.63) is 59.2 Å². The Hall–Kier alpha value is -2.81. The van der Waals surface area contributed by atoms with E-state index < -0.39 is 11.9 Å². The van der Waals surface area contributed by atoms with Crippen LogP contribution in [0.2, 0.25) is 0 Å². The number of hydrogen-bond donors (Lipinski definition) is 1. The number of aromatic nitrogens is 1. The molecule has 1 fully saturated rings. The maximum atomic E-state index is 12.7. The number of nitrogens with one attached hydrogen (secondary N) is 1. The van der Waals surface area contributed by atoms with Crippen LogP contribution in [0.4, 0.5) is 5.13 Å². The van der Waals surface area contributed by atoms with Gasteiger partial charge in [0.05, 0.1) is 41.7 Å². The number of anilines is 1. The second-order valence-electron chi connectivity index (χ2n) is 6.70. The minimum atomic E-state index is -0.548. The fraction of sp³-hybridized carbons (Fsp3) is 0.286. The van der Waals surface area contributed by atoms with Crippen LogP contribution in [0.25, 0.3) is 10.2 Å². The molecule has 2 aromatic carbocycles. The maximum absolute atomic E-state index is 12.7. The van der Waals surface area contributed by atoms with Gasteiger partial charge in [-0.3, -0.25) is 15.0 Å². The highest BCUT2D eigenvalue weighted by Gasteiger charge is 2.18. The molecular formula is C21H21N3O4S. The van der Waals surface area contributed by atoms with Crippen molar-refractivity contribution >= 4 is 38.6 Å². The van der Waals surface area contributed by atoms with E-state index in [0.717, 1.165) is 43.1 Å². The van der Waals surface area contributed by atoms with E-state index in [1.165, 1.54) is 24.0 Å². The Morgan fingerprint density at radius 1 is 1.17 bits per heavy atom. The van der Waals surface area contributed by atoms with Crippen LogP contribution < -0.4 is 5.32 Å². The van der Waals surface area contributed by atoms with Crippen LogP contribution in [0.3, 0.4) is 0 Å². The predicted molar refractivity (Wildman–Crippen MR) is 111 cm³/mol. The van der Waals surface area contributed by atoms with Gasteiger partial charge in [-0.1, -0.05) is 29.5 Å². The molecule has 2 heterocycles. The van der Waals surface area contributed by atoms with E-state index in [0.29, 0.717) is 5.13 Å². The highest BCUT2D eigenvalue weighted by molar-refractivity contribution is 7.22. The zero-order chi connectivity index (χ0) is 20.2. The number of thiazole rings is 1. The molecule has 1 saturated heterocycles. The van der Waals surface area contributed by atoms with Gasteiger partial charge in [0.1, 0.15) is 0 Å². The molecule has 150 valence electrons. The number of esters is 1. The minimum Gasteiger partial charge on any atom is -0.465 e. The number of carbonyl (C=O) groups excluding carboxylic acids is 2. The van der Waals surface area contributed by atoms with Crippen molar-refractivity contribution in [2.75, 3.05) is 38.7 Å². The summed E-state index contributed by atoms with van der Waals surface area (Å²) in [5.74, 6) is -0.939. The number of rotatable bonds is 5. The molecule has 1 aromatic heterocycles. The van der Waals surface area contributed by atoms with Crippen LogP contribution in [-0.2, 0) is 16.0 Å². The number of methoxy groups -OCH3 is 1. The summed E-state index contributed by atoms with van der Waals surface area (Å²) in [4.78, 5) is 31.5. The first-order valence-corrected chi connectivity index (χ1v) is 10.1. The smallest absolute Gasteiger partial charge is 0.338 e. The van der Waals surface area contributed by atoms with Crippen molar-refractivity contribution in [1.82, 2.24) is 9.88 Å².